The molecule has 0 spiro atoms. The maximum Gasteiger partial charge on any atom is 0.133 e. The molecule has 0 amide bonds. The normalized spacial score (nSPS) is 10.3. The van der Waals surface area contributed by atoms with Crippen LogP contribution in [0, 0.1) is 0 Å². The van der Waals surface area contributed by atoms with Crippen LogP contribution in [0.25, 0.3) is 0 Å². The van der Waals surface area contributed by atoms with Crippen molar-refractivity contribution in [2.75, 3.05) is 0 Å². The molecule has 15 heavy (non-hydrogen) atoms. The summed E-state index contributed by atoms with van der Waals surface area (Å²) in [7, 11) is 0. The maximum absolute atomic E-state index is 11.4. The van der Waals surface area contributed by atoms with Crippen molar-refractivity contribution in [3.05, 3.63) is 35.4 Å². The number of hydrogen-bond acceptors (Lipinski definition) is 1. The Morgan fingerprint density at radius 1 is 1.13 bits per heavy atom. The second kappa shape index (κ2) is 6.39. The average Bonchev–Trinajstić information content (AvgIpc) is 2.27. The highest BCUT2D eigenvalue weighted by atomic mass is 16.1. The monoisotopic (exact) mass is 204 g/mol. The lowest BCUT2D eigenvalue weighted by molar-refractivity contribution is -0.119. The van der Waals surface area contributed by atoms with Gasteiger partial charge < -0.3 is 0 Å². The first-order valence-electron chi connectivity index (χ1n) is 5.85. The third kappa shape index (κ3) is 4.28. The summed E-state index contributed by atoms with van der Waals surface area (Å²) in [4.78, 5) is 11.4. The molecule has 0 aliphatic carbocycles. The van der Waals surface area contributed by atoms with Gasteiger partial charge in [0.15, 0.2) is 0 Å². The lowest BCUT2D eigenvalue weighted by atomic mass is 10.0. The van der Waals surface area contributed by atoms with E-state index in [1.807, 2.05) is 0 Å². The number of benzene rings is 1. The summed E-state index contributed by atoms with van der Waals surface area (Å²) < 4.78 is 0. The highest BCUT2D eigenvalue weighted by molar-refractivity contribution is 5.78. The van der Waals surface area contributed by atoms with Crippen molar-refractivity contribution in [1.29, 1.82) is 0 Å². The average molecular weight is 204 g/mol. The van der Waals surface area contributed by atoms with Gasteiger partial charge in [-0.3, -0.25) is 4.79 Å². The summed E-state index contributed by atoms with van der Waals surface area (Å²) in [6.45, 7) is 4.21. The third-order valence-electron chi connectivity index (χ3n) is 2.62. The van der Waals surface area contributed by atoms with Gasteiger partial charge in [-0.25, -0.2) is 0 Å². The van der Waals surface area contributed by atoms with E-state index in [0.29, 0.717) is 12.2 Å². The minimum Gasteiger partial charge on any atom is -0.300 e. The molecule has 0 heterocycles. The molecule has 0 N–H and O–H groups in total. The Balaban J connectivity index is 2.46. The first-order valence-corrected chi connectivity index (χ1v) is 5.85. The molecule has 1 rings (SSSR count). The van der Waals surface area contributed by atoms with Crippen LogP contribution in [-0.4, -0.2) is 5.78 Å². The largest absolute Gasteiger partial charge is 0.300 e. The van der Waals surface area contributed by atoms with Crippen molar-refractivity contribution in [3.63, 3.8) is 0 Å². The SMILES string of the molecule is CCCC(=O)CCc1cccc(CC)c1. The van der Waals surface area contributed by atoms with Crippen molar-refractivity contribution >= 4 is 5.78 Å². The highest BCUT2D eigenvalue weighted by Crippen LogP contribution is 2.09. The Bertz CT molecular complexity index is 315. The molecule has 1 aromatic rings. The van der Waals surface area contributed by atoms with E-state index >= 15 is 0 Å². The summed E-state index contributed by atoms with van der Waals surface area (Å²) in [5.74, 6) is 0.388. The van der Waals surface area contributed by atoms with Crippen molar-refractivity contribution in [1.82, 2.24) is 0 Å². The molecule has 0 saturated carbocycles. The van der Waals surface area contributed by atoms with Crippen LogP contribution in [0.5, 0.6) is 0 Å². The maximum atomic E-state index is 11.4. The lowest BCUT2D eigenvalue weighted by Crippen LogP contribution is -1.99. The minimum atomic E-state index is 0.388. The molecule has 0 radical (unpaired) electrons. The number of hydrogen-bond donors (Lipinski definition) is 0. The fourth-order valence-electron chi connectivity index (χ4n) is 1.69. The molecule has 0 atom stereocenters. The summed E-state index contributed by atoms with van der Waals surface area (Å²) in [5.41, 5.74) is 2.65. The molecule has 82 valence electrons. The first-order chi connectivity index (χ1) is 7.26. The van der Waals surface area contributed by atoms with Gasteiger partial charge in [-0.15, -0.1) is 0 Å². The van der Waals surface area contributed by atoms with Gasteiger partial charge in [-0.05, 0) is 30.4 Å². The van der Waals surface area contributed by atoms with Gasteiger partial charge in [0.1, 0.15) is 5.78 Å². The molecule has 0 unspecified atom stereocenters. The number of carbonyl (C=O) groups excluding carboxylic acids is 1. The third-order valence-corrected chi connectivity index (χ3v) is 2.62. The van der Waals surface area contributed by atoms with Crippen molar-refractivity contribution in [2.45, 2.75) is 46.0 Å². The number of ketones is 1. The van der Waals surface area contributed by atoms with Crippen LogP contribution in [-0.2, 0) is 17.6 Å². The molecule has 0 aliphatic rings. The molecule has 0 fully saturated rings. The van der Waals surface area contributed by atoms with Gasteiger partial charge >= 0.3 is 0 Å². The topological polar surface area (TPSA) is 17.1 Å². The van der Waals surface area contributed by atoms with E-state index in [2.05, 4.69) is 38.1 Å². The number of Topliss-reactive ketones (excluding diaryl/α,β-unsaturated/α-hetero) is 1. The van der Waals surface area contributed by atoms with E-state index in [9.17, 15) is 4.79 Å². The summed E-state index contributed by atoms with van der Waals surface area (Å²) in [6, 6.07) is 8.54. The molecular weight excluding hydrogens is 184 g/mol. The second-order valence-corrected chi connectivity index (χ2v) is 3.96. The summed E-state index contributed by atoms with van der Waals surface area (Å²) in [5, 5.41) is 0. The van der Waals surface area contributed by atoms with Gasteiger partial charge in [-0.1, -0.05) is 38.1 Å². The summed E-state index contributed by atoms with van der Waals surface area (Å²) in [6.07, 6.45) is 4.35. The number of aryl methyl sites for hydroxylation is 2. The molecule has 0 bridgehead atoms. The van der Waals surface area contributed by atoms with Gasteiger partial charge in [0.2, 0.25) is 0 Å². The second-order valence-electron chi connectivity index (χ2n) is 3.96. The van der Waals surface area contributed by atoms with Crippen LogP contribution in [0.3, 0.4) is 0 Å². The van der Waals surface area contributed by atoms with Crippen LogP contribution in [0.15, 0.2) is 24.3 Å². The minimum absolute atomic E-state index is 0.388. The number of carbonyl (C=O) groups is 1. The van der Waals surface area contributed by atoms with E-state index < -0.39 is 0 Å². The molecule has 1 heteroatoms. The van der Waals surface area contributed by atoms with Crippen LogP contribution in [0.4, 0.5) is 0 Å². The van der Waals surface area contributed by atoms with Crippen LogP contribution < -0.4 is 0 Å². The standard InChI is InChI=1S/C14H20O/c1-3-6-14(15)10-9-13-8-5-7-12(4-2)11-13/h5,7-8,11H,3-4,6,9-10H2,1-2H3. The Labute approximate surface area is 92.5 Å². The van der Waals surface area contributed by atoms with E-state index in [1.165, 1.54) is 11.1 Å². The van der Waals surface area contributed by atoms with Crippen molar-refractivity contribution < 1.29 is 4.79 Å². The van der Waals surface area contributed by atoms with Crippen molar-refractivity contribution in [3.8, 4) is 0 Å². The Morgan fingerprint density at radius 3 is 2.53 bits per heavy atom. The van der Waals surface area contributed by atoms with Gasteiger partial charge in [-0.2, -0.15) is 0 Å². The first kappa shape index (κ1) is 12.0. The van der Waals surface area contributed by atoms with E-state index in [-0.39, 0.29) is 0 Å². The Morgan fingerprint density at radius 2 is 1.87 bits per heavy atom. The van der Waals surface area contributed by atoms with Gasteiger partial charge in [0, 0.05) is 12.8 Å². The van der Waals surface area contributed by atoms with Crippen LogP contribution >= 0.6 is 0 Å². The lowest BCUT2D eigenvalue weighted by Gasteiger charge is -2.03. The van der Waals surface area contributed by atoms with Gasteiger partial charge in [0.25, 0.3) is 0 Å². The smallest absolute Gasteiger partial charge is 0.133 e. The predicted octanol–water partition coefficient (Wildman–Crippen LogP) is 3.55. The van der Waals surface area contributed by atoms with Crippen LogP contribution in [0.1, 0.15) is 44.2 Å². The fraction of sp³-hybridized carbons (Fsp3) is 0.500. The predicted molar refractivity (Wildman–Crippen MR) is 64.1 cm³/mol. The molecule has 1 nitrogen and oxygen atoms in total. The Kier molecular flexibility index (Phi) is 5.09. The molecule has 0 saturated heterocycles. The van der Waals surface area contributed by atoms with E-state index in [0.717, 1.165) is 25.7 Å². The zero-order chi connectivity index (χ0) is 11.1. The van der Waals surface area contributed by atoms with E-state index in [4.69, 9.17) is 0 Å². The molecule has 0 aromatic heterocycles. The quantitative estimate of drug-likeness (QED) is 0.692. The fourth-order valence-corrected chi connectivity index (χ4v) is 1.69. The van der Waals surface area contributed by atoms with Gasteiger partial charge in [0.05, 0.1) is 0 Å². The number of rotatable bonds is 6. The molecule has 0 aliphatic heterocycles. The highest BCUT2D eigenvalue weighted by Gasteiger charge is 2.01. The Hall–Kier alpha value is -1.11. The van der Waals surface area contributed by atoms with Crippen molar-refractivity contribution in [2.24, 2.45) is 0 Å². The molecular formula is C14H20O. The van der Waals surface area contributed by atoms with E-state index in [1.54, 1.807) is 0 Å². The molecule has 1 aromatic carbocycles. The van der Waals surface area contributed by atoms with Crippen LogP contribution in [0.2, 0.25) is 0 Å². The zero-order valence-electron chi connectivity index (χ0n) is 9.75. The summed E-state index contributed by atoms with van der Waals surface area (Å²) >= 11 is 0. The zero-order valence-corrected chi connectivity index (χ0v) is 9.75.